The van der Waals surface area contributed by atoms with Gasteiger partial charge in [0.25, 0.3) is 0 Å². The summed E-state index contributed by atoms with van der Waals surface area (Å²) in [6.45, 7) is 10.1. The first kappa shape index (κ1) is 15.5. The molecule has 1 aliphatic rings. The highest BCUT2D eigenvalue weighted by molar-refractivity contribution is 6.29. The van der Waals surface area contributed by atoms with Gasteiger partial charge in [-0.1, -0.05) is 18.5 Å². The van der Waals surface area contributed by atoms with Crippen molar-refractivity contribution in [2.75, 3.05) is 37.6 Å². The average molecular weight is 299 g/mol. The van der Waals surface area contributed by atoms with E-state index in [4.69, 9.17) is 11.6 Å². The Hall–Kier alpha value is -0.910. The van der Waals surface area contributed by atoms with Crippen molar-refractivity contribution >= 4 is 17.4 Å². The summed E-state index contributed by atoms with van der Waals surface area (Å²) in [5.41, 5.74) is -0.643. The fourth-order valence-electron chi connectivity index (χ4n) is 2.45. The van der Waals surface area contributed by atoms with Gasteiger partial charge in [0.2, 0.25) is 0 Å². The molecule has 0 bridgehead atoms. The zero-order chi connectivity index (χ0) is 14.8. The second-order valence-electron chi connectivity index (χ2n) is 5.89. The third kappa shape index (κ3) is 4.30. The Morgan fingerprint density at radius 2 is 1.90 bits per heavy atom. The van der Waals surface area contributed by atoms with Gasteiger partial charge in [0.1, 0.15) is 16.8 Å². The largest absolute Gasteiger partial charge is 0.389 e. The van der Waals surface area contributed by atoms with Crippen LogP contribution in [0.2, 0.25) is 5.15 Å². The molecule has 0 unspecified atom stereocenters. The van der Waals surface area contributed by atoms with Gasteiger partial charge in [-0.2, -0.15) is 0 Å². The first-order chi connectivity index (χ1) is 9.37. The number of hydrogen-bond donors (Lipinski definition) is 1. The third-order valence-electron chi connectivity index (χ3n) is 3.35. The lowest BCUT2D eigenvalue weighted by Crippen LogP contribution is -2.50. The summed E-state index contributed by atoms with van der Waals surface area (Å²) in [5, 5.41) is 10.4. The van der Waals surface area contributed by atoms with E-state index >= 15 is 0 Å². The summed E-state index contributed by atoms with van der Waals surface area (Å²) in [4.78, 5) is 13.2. The number of hydrogen-bond acceptors (Lipinski definition) is 5. The lowest BCUT2D eigenvalue weighted by atomic mass is 10.1. The highest BCUT2D eigenvalue weighted by Gasteiger charge is 2.23. The van der Waals surface area contributed by atoms with Crippen LogP contribution in [0.25, 0.3) is 0 Å². The molecule has 0 amide bonds. The minimum Gasteiger partial charge on any atom is -0.389 e. The number of rotatable bonds is 4. The third-order valence-corrected chi connectivity index (χ3v) is 3.54. The highest BCUT2D eigenvalue weighted by Crippen LogP contribution is 2.18. The van der Waals surface area contributed by atoms with E-state index in [1.165, 1.54) is 0 Å². The van der Waals surface area contributed by atoms with E-state index in [1.807, 2.05) is 26.8 Å². The predicted molar refractivity (Wildman–Crippen MR) is 81.4 cm³/mol. The minimum absolute atomic E-state index is 0.505. The van der Waals surface area contributed by atoms with Crippen molar-refractivity contribution in [1.82, 2.24) is 14.9 Å². The zero-order valence-corrected chi connectivity index (χ0v) is 13.2. The Balaban J connectivity index is 1.98. The molecule has 0 radical (unpaired) electrons. The van der Waals surface area contributed by atoms with Gasteiger partial charge in [0, 0.05) is 45.2 Å². The maximum atomic E-state index is 9.86. The standard InChI is InChI=1S/C14H23ClN4O/c1-4-12-16-11(15)9-13(17-12)19-7-5-18(6-8-19)10-14(2,3)20/h9,20H,4-8,10H2,1-3H3. The smallest absolute Gasteiger partial charge is 0.134 e. The molecule has 1 aromatic rings. The van der Waals surface area contributed by atoms with Crippen molar-refractivity contribution in [2.24, 2.45) is 0 Å². The first-order valence-electron chi connectivity index (χ1n) is 7.10. The van der Waals surface area contributed by atoms with Crippen LogP contribution in [0, 0.1) is 0 Å². The van der Waals surface area contributed by atoms with E-state index in [0.29, 0.717) is 11.7 Å². The Kier molecular flexibility index (Phi) is 4.83. The Morgan fingerprint density at radius 3 is 2.45 bits per heavy atom. The van der Waals surface area contributed by atoms with Crippen molar-refractivity contribution in [1.29, 1.82) is 0 Å². The maximum absolute atomic E-state index is 9.86. The molecular weight excluding hydrogens is 276 g/mol. The van der Waals surface area contributed by atoms with Gasteiger partial charge in [0.05, 0.1) is 5.60 Å². The van der Waals surface area contributed by atoms with Gasteiger partial charge >= 0.3 is 0 Å². The molecule has 1 aliphatic heterocycles. The van der Waals surface area contributed by atoms with Gasteiger partial charge in [0.15, 0.2) is 0 Å². The van der Waals surface area contributed by atoms with E-state index < -0.39 is 5.60 Å². The van der Waals surface area contributed by atoms with Crippen LogP contribution in [-0.2, 0) is 6.42 Å². The first-order valence-corrected chi connectivity index (χ1v) is 7.48. The van der Waals surface area contributed by atoms with Crippen LogP contribution in [0.3, 0.4) is 0 Å². The second kappa shape index (κ2) is 6.24. The van der Waals surface area contributed by atoms with Gasteiger partial charge < -0.3 is 10.0 Å². The number of piperazine rings is 1. The lowest BCUT2D eigenvalue weighted by Gasteiger charge is -2.37. The summed E-state index contributed by atoms with van der Waals surface area (Å²) in [6, 6.07) is 1.83. The number of aryl methyl sites for hydroxylation is 1. The van der Waals surface area contributed by atoms with Crippen LogP contribution in [0.1, 0.15) is 26.6 Å². The van der Waals surface area contributed by atoms with Gasteiger partial charge in [-0.05, 0) is 13.8 Å². The minimum atomic E-state index is -0.643. The molecule has 5 nitrogen and oxygen atoms in total. The second-order valence-corrected chi connectivity index (χ2v) is 6.28. The average Bonchev–Trinajstić information content (AvgIpc) is 2.37. The van der Waals surface area contributed by atoms with Crippen molar-refractivity contribution in [3.05, 3.63) is 17.0 Å². The Labute approximate surface area is 125 Å². The summed E-state index contributed by atoms with van der Waals surface area (Å²) in [6.07, 6.45) is 0.784. The van der Waals surface area contributed by atoms with Crippen LogP contribution >= 0.6 is 11.6 Å². The van der Waals surface area contributed by atoms with E-state index in [0.717, 1.165) is 44.2 Å². The van der Waals surface area contributed by atoms with Crippen LogP contribution in [0.4, 0.5) is 5.82 Å². The highest BCUT2D eigenvalue weighted by atomic mass is 35.5. The van der Waals surface area contributed by atoms with Crippen LogP contribution < -0.4 is 4.90 Å². The molecule has 0 saturated carbocycles. The van der Waals surface area contributed by atoms with E-state index in [9.17, 15) is 5.11 Å². The fourth-order valence-corrected chi connectivity index (χ4v) is 2.65. The van der Waals surface area contributed by atoms with Crippen LogP contribution in [-0.4, -0.2) is 58.3 Å². The quantitative estimate of drug-likeness (QED) is 0.856. The molecular formula is C14H23ClN4O. The normalized spacial score (nSPS) is 17.6. The molecule has 2 heterocycles. The molecule has 112 valence electrons. The molecule has 0 spiro atoms. The monoisotopic (exact) mass is 298 g/mol. The number of nitrogens with zero attached hydrogens (tertiary/aromatic N) is 4. The number of aliphatic hydroxyl groups is 1. The summed E-state index contributed by atoms with van der Waals surface area (Å²) in [5.74, 6) is 1.69. The molecule has 20 heavy (non-hydrogen) atoms. The number of β-amino-alcohol motifs (C(OH)–C–C–N with tert-alkyl or cyclic N) is 1. The van der Waals surface area contributed by atoms with Crippen molar-refractivity contribution < 1.29 is 5.11 Å². The SMILES string of the molecule is CCc1nc(Cl)cc(N2CCN(CC(C)(C)O)CC2)n1. The van der Waals surface area contributed by atoms with Crippen LogP contribution in [0.5, 0.6) is 0 Å². The van der Waals surface area contributed by atoms with Crippen molar-refractivity contribution in [3.63, 3.8) is 0 Å². The summed E-state index contributed by atoms with van der Waals surface area (Å²) < 4.78 is 0. The summed E-state index contributed by atoms with van der Waals surface area (Å²) in [7, 11) is 0. The summed E-state index contributed by atoms with van der Waals surface area (Å²) >= 11 is 6.04. The zero-order valence-electron chi connectivity index (χ0n) is 12.4. The molecule has 0 aromatic carbocycles. The maximum Gasteiger partial charge on any atom is 0.134 e. The molecule has 1 fully saturated rings. The van der Waals surface area contributed by atoms with Gasteiger partial charge in [-0.3, -0.25) is 4.90 Å². The lowest BCUT2D eigenvalue weighted by molar-refractivity contribution is 0.0344. The number of anilines is 1. The number of aromatic nitrogens is 2. The molecule has 2 rings (SSSR count). The van der Waals surface area contributed by atoms with E-state index in [1.54, 1.807) is 0 Å². The predicted octanol–water partition coefficient (Wildman–Crippen LogP) is 1.59. The Bertz CT molecular complexity index is 453. The van der Waals surface area contributed by atoms with E-state index in [-0.39, 0.29) is 0 Å². The molecule has 1 N–H and O–H groups in total. The molecule has 0 aliphatic carbocycles. The van der Waals surface area contributed by atoms with Crippen molar-refractivity contribution in [3.8, 4) is 0 Å². The van der Waals surface area contributed by atoms with Crippen molar-refractivity contribution in [2.45, 2.75) is 32.8 Å². The Morgan fingerprint density at radius 1 is 1.25 bits per heavy atom. The van der Waals surface area contributed by atoms with Gasteiger partial charge in [-0.15, -0.1) is 0 Å². The molecule has 0 atom stereocenters. The molecule has 1 saturated heterocycles. The number of halogens is 1. The topological polar surface area (TPSA) is 52.5 Å². The van der Waals surface area contributed by atoms with Gasteiger partial charge in [-0.25, -0.2) is 9.97 Å². The van der Waals surface area contributed by atoms with E-state index in [2.05, 4.69) is 19.8 Å². The van der Waals surface area contributed by atoms with Crippen LogP contribution in [0.15, 0.2) is 6.07 Å². The molecule has 6 heteroatoms. The molecule has 1 aromatic heterocycles. The fraction of sp³-hybridized carbons (Fsp3) is 0.714.